The van der Waals surface area contributed by atoms with Crippen LogP contribution in [0.15, 0.2) is 15.5 Å². The Morgan fingerprint density at radius 3 is 2.50 bits per heavy atom. The number of hydrogen-bond acceptors (Lipinski definition) is 3. The molecule has 0 saturated heterocycles. The number of nitrogens with zero attached hydrogens (tertiary/aromatic N) is 2. The van der Waals surface area contributed by atoms with E-state index in [1.807, 2.05) is 13.8 Å². The number of anilines is 1. The van der Waals surface area contributed by atoms with E-state index in [4.69, 9.17) is 5.73 Å². The van der Waals surface area contributed by atoms with Crippen molar-refractivity contribution in [2.75, 3.05) is 5.73 Å². The van der Waals surface area contributed by atoms with Gasteiger partial charge in [-0.2, -0.15) is 4.98 Å². The smallest absolute Gasteiger partial charge is 0.349 e. The number of nitrogens with two attached hydrogens (primary N) is 1. The fraction of sp³-hybridized carbons (Fsp3) is 0.429. The van der Waals surface area contributed by atoms with Crippen LogP contribution in [0, 0.1) is 0 Å². The third-order valence-electron chi connectivity index (χ3n) is 1.07. The molecule has 0 aliphatic carbocycles. The van der Waals surface area contributed by atoms with Gasteiger partial charge < -0.3 is 10.3 Å². The van der Waals surface area contributed by atoms with Crippen molar-refractivity contribution >= 4 is 21.7 Å². The molecule has 2 N–H and O–H groups in total. The van der Waals surface area contributed by atoms with Gasteiger partial charge in [0, 0.05) is 13.2 Å². The zero-order valence-corrected chi connectivity index (χ0v) is 8.92. The molecule has 12 heavy (non-hydrogen) atoms. The lowest BCUT2D eigenvalue weighted by atomic mass is 10.6. The predicted octanol–water partition coefficient (Wildman–Crippen LogP) is 1.15. The van der Waals surface area contributed by atoms with E-state index in [2.05, 4.69) is 20.9 Å². The van der Waals surface area contributed by atoms with E-state index >= 15 is 0 Å². The molecule has 5 heteroatoms. The van der Waals surface area contributed by atoms with Crippen LogP contribution in [0.25, 0.3) is 0 Å². The summed E-state index contributed by atoms with van der Waals surface area (Å²) in [6, 6.07) is 0. The van der Waals surface area contributed by atoms with Crippen LogP contribution in [0.1, 0.15) is 13.8 Å². The molecule has 1 heterocycles. The second-order valence-corrected chi connectivity index (χ2v) is 2.72. The molecule has 68 valence electrons. The van der Waals surface area contributed by atoms with Crippen molar-refractivity contribution in [2.45, 2.75) is 13.8 Å². The van der Waals surface area contributed by atoms with Crippen LogP contribution in [-0.4, -0.2) is 9.55 Å². The Morgan fingerprint density at radius 1 is 1.58 bits per heavy atom. The van der Waals surface area contributed by atoms with E-state index in [1.165, 1.54) is 4.57 Å². The standard InChI is InChI=1S/C5H6BrN3O.C2H6/c1-9-2-3(6)4(7)8-5(9)10;1-2/h2H,1H3,(H2,7,8,10);1-2H3. The van der Waals surface area contributed by atoms with E-state index in [9.17, 15) is 4.79 Å². The molecule has 0 aliphatic rings. The molecule has 0 atom stereocenters. The molecule has 0 saturated carbocycles. The van der Waals surface area contributed by atoms with Gasteiger partial charge in [0.1, 0.15) is 5.82 Å². The molecule has 1 rings (SSSR count). The average Bonchev–Trinajstić information content (AvgIpc) is 2.05. The lowest BCUT2D eigenvalue weighted by Crippen LogP contribution is -2.20. The van der Waals surface area contributed by atoms with Gasteiger partial charge in [-0.1, -0.05) is 13.8 Å². The van der Waals surface area contributed by atoms with Crippen LogP contribution in [0.3, 0.4) is 0 Å². The Hall–Kier alpha value is -0.840. The van der Waals surface area contributed by atoms with Crippen molar-refractivity contribution in [3.63, 3.8) is 0 Å². The van der Waals surface area contributed by atoms with Gasteiger partial charge >= 0.3 is 5.69 Å². The summed E-state index contributed by atoms with van der Waals surface area (Å²) in [5.41, 5.74) is 4.97. The molecule has 0 fully saturated rings. The maximum Gasteiger partial charge on any atom is 0.349 e. The Kier molecular flexibility index (Phi) is 4.58. The summed E-state index contributed by atoms with van der Waals surface area (Å²) in [7, 11) is 1.61. The van der Waals surface area contributed by atoms with E-state index in [1.54, 1.807) is 13.2 Å². The number of halogens is 1. The molecule has 0 bridgehead atoms. The third-order valence-corrected chi connectivity index (χ3v) is 1.68. The highest BCUT2D eigenvalue weighted by Gasteiger charge is 1.97. The van der Waals surface area contributed by atoms with Gasteiger partial charge in [-0.3, -0.25) is 0 Å². The van der Waals surface area contributed by atoms with E-state index < -0.39 is 0 Å². The van der Waals surface area contributed by atoms with Crippen LogP contribution < -0.4 is 11.4 Å². The molecular weight excluding hydrogens is 222 g/mol. The first-order chi connectivity index (χ1) is 5.61. The molecule has 1 aromatic rings. The van der Waals surface area contributed by atoms with Crippen LogP contribution in [0.5, 0.6) is 0 Å². The lowest BCUT2D eigenvalue weighted by molar-refractivity contribution is 0.809. The summed E-state index contributed by atoms with van der Waals surface area (Å²) in [6.07, 6.45) is 1.57. The van der Waals surface area contributed by atoms with Crippen LogP contribution >= 0.6 is 15.9 Å². The number of hydrogen-bond donors (Lipinski definition) is 1. The monoisotopic (exact) mass is 233 g/mol. The van der Waals surface area contributed by atoms with Crippen LogP contribution in [0.4, 0.5) is 5.82 Å². The normalized spacial score (nSPS) is 8.67. The molecule has 0 aliphatic heterocycles. The minimum atomic E-state index is -0.347. The molecule has 4 nitrogen and oxygen atoms in total. The summed E-state index contributed by atoms with van der Waals surface area (Å²) in [6.45, 7) is 4.00. The highest BCUT2D eigenvalue weighted by molar-refractivity contribution is 9.10. The van der Waals surface area contributed by atoms with E-state index in [0.717, 1.165) is 0 Å². The first-order valence-electron chi connectivity index (χ1n) is 3.60. The third kappa shape index (κ3) is 2.65. The van der Waals surface area contributed by atoms with Gasteiger partial charge in [0.05, 0.1) is 4.47 Å². The van der Waals surface area contributed by atoms with Gasteiger partial charge in [0.2, 0.25) is 0 Å². The quantitative estimate of drug-likeness (QED) is 0.732. The van der Waals surface area contributed by atoms with Crippen molar-refractivity contribution in [2.24, 2.45) is 7.05 Å². The van der Waals surface area contributed by atoms with E-state index in [-0.39, 0.29) is 11.5 Å². The van der Waals surface area contributed by atoms with Crippen molar-refractivity contribution in [3.05, 3.63) is 21.2 Å². The second-order valence-electron chi connectivity index (χ2n) is 1.87. The van der Waals surface area contributed by atoms with Crippen molar-refractivity contribution in [3.8, 4) is 0 Å². The molecule has 1 aromatic heterocycles. The number of aromatic nitrogens is 2. The first kappa shape index (κ1) is 11.2. The van der Waals surface area contributed by atoms with Gasteiger partial charge in [-0.05, 0) is 15.9 Å². The molecule has 0 aromatic carbocycles. The first-order valence-corrected chi connectivity index (χ1v) is 4.39. The SMILES string of the molecule is CC.Cn1cc(Br)c(N)nc1=O. The van der Waals surface area contributed by atoms with Gasteiger partial charge in [-0.25, -0.2) is 4.79 Å². The maximum atomic E-state index is 10.7. The second kappa shape index (κ2) is 4.92. The summed E-state index contributed by atoms with van der Waals surface area (Å²) >= 11 is 3.13. The van der Waals surface area contributed by atoms with Crippen LogP contribution in [-0.2, 0) is 7.05 Å². The highest BCUT2D eigenvalue weighted by Crippen LogP contribution is 2.11. The summed E-state index contributed by atoms with van der Waals surface area (Å²) < 4.78 is 1.98. The topological polar surface area (TPSA) is 60.9 Å². The Bertz CT molecular complexity index is 308. The van der Waals surface area contributed by atoms with Crippen LogP contribution in [0.2, 0.25) is 0 Å². The highest BCUT2D eigenvalue weighted by atomic mass is 79.9. The van der Waals surface area contributed by atoms with Crippen molar-refractivity contribution in [1.29, 1.82) is 0 Å². The fourth-order valence-corrected chi connectivity index (χ4v) is 0.922. The Morgan fingerprint density at radius 2 is 2.08 bits per heavy atom. The van der Waals surface area contributed by atoms with E-state index in [0.29, 0.717) is 4.47 Å². The maximum absolute atomic E-state index is 10.7. The predicted molar refractivity (Wildman–Crippen MR) is 52.9 cm³/mol. The number of rotatable bonds is 0. The number of aryl methyl sites for hydroxylation is 1. The van der Waals surface area contributed by atoms with Gasteiger partial charge in [0.15, 0.2) is 0 Å². The largest absolute Gasteiger partial charge is 0.383 e. The molecule has 0 unspecified atom stereocenters. The zero-order valence-electron chi connectivity index (χ0n) is 7.34. The van der Waals surface area contributed by atoms with Crippen molar-refractivity contribution in [1.82, 2.24) is 9.55 Å². The summed E-state index contributed by atoms with van der Waals surface area (Å²) in [5, 5.41) is 0. The molecule has 0 radical (unpaired) electrons. The average molecular weight is 234 g/mol. The Balaban J connectivity index is 0.000000561. The summed E-state index contributed by atoms with van der Waals surface area (Å²) in [5.74, 6) is 0.225. The minimum absolute atomic E-state index is 0.225. The number of nitrogen functional groups attached to an aromatic ring is 1. The minimum Gasteiger partial charge on any atom is -0.383 e. The molecule has 0 spiro atoms. The molecular formula is C7H12BrN3O. The van der Waals surface area contributed by atoms with Crippen molar-refractivity contribution < 1.29 is 0 Å². The Labute approximate surface area is 79.6 Å². The van der Waals surface area contributed by atoms with Gasteiger partial charge in [-0.15, -0.1) is 0 Å². The van der Waals surface area contributed by atoms with Gasteiger partial charge in [0.25, 0.3) is 0 Å². The summed E-state index contributed by atoms with van der Waals surface area (Å²) in [4.78, 5) is 14.3. The fourth-order valence-electron chi connectivity index (χ4n) is 0.527. The lowest BCUT2D eigenvalue weighted by Gasteiger charge is -1.97. The molecule has 0 amide bonds. The zero-order chi connectivity index (χ0) is 9.72.